The van der Waals surface area contributed by atoms with Crippen LogP contribution >= 0.6 is 0 Å². The molecule has 0 amide bonds. The first-order valence-corrected chi connectivity index (χ1v) is 5.94. The smallest absolute Gasteiger partial charge is 0.143 e. The summed E-state index contributed by atoms with van der Waals surface area (Å²) in [4.78, 5) is 2.15. The van der Waals surface area contributed by atoms with Gasteiger partial charge in [0.2, 0.25) is 0 Å². The highest BCUT2D eigenvalue weighted by Crippen LogP contribution is 2.32. The predicted molar refractivity (Wildman–Crippen MR) is 63.2 cm³/mol. The van der Waals surface area contributed by atoms with Crippen molar-refractivity contribution in [3.05, 3.63) is 29.6 Å². The molecular weight excluding hydrogens is 217 g/mol. The van der Waals surface area contributed by atoms with Gasteiger partial charge in [-0.1, -0.05) is 6.07 Å². The van der Waals surface area contributed by atoms with E-state index in [0.29, 0.717) is 11.8 Å². The number of hydrogen-bond donors (Lipinski definition) is 1. The fraction of sp³-hybridized carbons (Fsp3) is 0.462. The summed E-state index contributed by atoms with van der Waals surface area (Å²) in [6, 6.07) is 6.84. The van der Waals surface area contributed by atoms with E-state index in [0.717, 1.165) is 31.9 Å². The zero-order chi connectivity index (χ0) is 11.8. The van der Waals surface area contributed by atoms with Crippen LogP contribution in [0.25, 0.3) is 0 Å². The summed E-state index contributed by atoms with van der Waals surface area (Å²) < 4.78 is 13.5. The van der Waals surface area contributed by atoms with Crippen molar-refractivity contribution in [2.24, 2.45) is 11.8 Å². The van der Waals surface area contributed by atoms with E-state index in [-0.39, 0.29) is 5.56 Å². The highest BCUT2D eigenvalue weighted by Gasteiger charge is 2.36. The van der Waals surface area contributed by atoms with Crippen LogP contribution in [-0.2, 0) is 0 Å². The molecule has 1 N–H and O–H groups in total. The lowest BCUT2D eigenvalue weighted by Crippen LogP contribution is -2.26. The molecule has 0 aliphatic carbocycles. The Balaban J connectivity index is 1.91. The van der Waals surface area contributed by atoms with Gasteiger partial charge in [0.05, 0.1) is 5.69 Å². The Hall–Kier alpha value is -1.60. The summed E-state index contributed by atoms with van der Waals surface area (Å²) in [5.41, 5.74) is 0.933. The third-order valence-electron chi connectivity index (χ3n) is 3.83. The summed E-state index contributed by atoms with van der Waals surface area (Å²) in [5, 5.41) is 12.4. The zero-order valence-corrected chi connectivity index (χ0v) is 9.49. The van der Waals surface area contributed by atoms with E-state index >= 15 is 0 Å². The molecule has 2 heterocycles. The SMILES string of the molecule is N#Cc1c(F)cccc1N1CC2CNCC2C1. The Morgan fingerprint density at radius 2 is 2.00 bits per heavy atom. The first-order valence-electron chi connectivity index (χ1n) is 5.94. The van der Waals surface area contributed by atoms with Crippen LogP contribution in [0, 0.1) is 29.0 Å². The number of rotatable bonds is 1. The number of nitriles is 1. The van der Waals surface area contributed by atoms with Gasteiger partial charge in [-0.15, -0.1) is 0 Å². The van der Waals surface area contributed by atoms with Gasteiger partial charge < -0.3 is 10.2 Å². The van der Waals surface area contributed by atoms with Crippen molar-refractivity contribution >= 4 is 5.69 Å². The Kier molecular flexibility index (Phi) is 2.49. The van der Waals surface area contributed by atoms with Crippen LogP contribution in [0.2, 0.25) is 0 Å². The molecule has 0 saturated carbocycles. The molecule has 4 heteroatoms. The van der Waals surface area contributed by atoms with Crippen LogP contribution in [0.1, 0.15) is 5.56 Å². The average Bonchev–Trinajstić information content (AvgIpc) is 2.88. The van der Waals surface area contributed by atoms with Gasteiger partial charge in [-0.25, -0.2) is 4.39 Å². The minimum absolute atomic E-state index is 0.181. The number of nitrogens with one attached hydrogen (secondary N) is 1. The van der Waals surface area contributed by atoms with Gasteiger partial charge in [0.1, 0.15) is 17.4 Å². The summed E-state index contributed by atoms with van der Waals surface area (Å²) in [6.07, 6.45) is 0. The maximum Gasteiger partial charge on any atom is 0.143 e. The fourth-order valence-electron chi connectivity index (χ4n) is 2.94. The molecule has 3 rings (SSSR count). The molecule has 1 aromatic carbocycles. The molecule has 17 heavy (non-hydrogen) atoms. The van der Waals surface area contributed by atoms with Crippen LogP contribution in [0.5, 0.6) is 0 Å². The molecular formula is C13H14FN3. The lowest BCUT2D eigenvalue weighted by atomic mass is 10.0. The predicted octanol–water partition coefficient (Wildman–Crippen LogP) is 1.35. The van der Waals surface area contributed by atoms with Gasteiger partial charge in [-0.05, 0) is 24.0 Å². The van der Waals surface area contributed by atoms with Crippen LogP contribution in [-0.4, -0.2) is 26.2 Å². The van der Waals surface area contributed by atoms with E-state index in [1.807, 2.05) is 12.1 Å². The Bertz CT molecular complexity index is 468. The molecule has 1 aromatic rings. The fourth-order valence-corrected chi connectivity index (χ4v) is 2.94. The molecule has 3 nitrogen and oxygen atoms in total. The third-order valence-corrected chi connectivity index (χ3v) is 3.83. The second kappa shape index (κ2) is 4.01. The topological polar surface area (TPSA) is 39.1 Å². The number of hydrogen-bond acceptors (Lipinski definition) is 3. The second-order valence-corrected chi connectivity index (χ2v) is 4.83. The van der Waals surface area contributed by atoms with Gasteiger partial charge in [0, 0.05) is 26.2 Å². The summed E-state index contributed by atoms with van der Waals surface area (Å²) in [5.74, 6) is 0.870. The first kappa shape index (κ1) is 10.5. The minimum atomic E-state index is -0.416. The van der Waals surface area contributed by atoms with Crippen molar-refractivity contribution in [2.75, 3.05) is 31.1 Å². The van der Waals surface area contributed by atoms with Crippen molar-refractivity contribution in [1.82, 2.24) is 5.32 Å². The van der Waals surface area contributed by atoms with E-state index in [1.54, 1.807) is 6.07 Å². The van der Waals surface area contributed by atoms with Crippen molar-refractivity contribution in [3.63, 3.8) is 0 Å². The Morgan fingerprint density at radius 1 is 1.29 bits per heavy atom. The molecule has 0 spiro atoms. The molecule has 0 aromatic heterocycles. The van der Waals surface area contributed by atoms with Crippen molar-refractivity contribution in [2.45, 2.75) is 0 Å². The lowest BCUT2D eigenvalue weighted by molar-refractivity contribution is 0.533. The van der Waals surface area contributed by atoms with Gasteiger partial charge in [-0.2, -0.15) is 5.26 Å². The molecule has 2 saturated heterocycles. The Labute approximate surface area is 99.8 Å². The third kappa shape index (κ3) is 1.67. The zero-order valence-electron chi connectivity index (χ0n) is 9.49. The van der Waals surface area contributed by atoms with E-state index in [9.17, 15) is 4.39 Å². The summed E-state index contributed by atoms with van der Waals surface area (Å²) >= 11 is 0. The van der Waals surface area contributed by atoms with Crippen LogP contribution in [0.3, 0.4) is 0 Å². The van der Waals surface area contributed by atoms with Gasteiger partial charge in [0.25, 0.3) is 0 Å². The second-order valence-electron chi connectivity index (χ2n) is 4.83. The molecule has 88 valence electrons. The van der Waals surface area contributed by atoms with Crippen LogP contribution in [0.4, 0.5) is 10.1 Å². The summed E-state index contributed by atoms with van der Waals surface area (Å²) in [6.45, 7) is 3.93. The quantitative estimate of drug-likeness (QED) is 0.793. The lowest BCUT2D eigenvalue weighted by Gasteiger charge is -2.21. The number of anilines is 1. The number of benzene rings is 1. The molecule has 2 atom stereocenters. The highest BCUT2D eigenvalue weighted by atomic mass is 19.1. The minimum Gasteiger partial charge on any atom is -0.370 e. The maximum atomic E-state index is 13.5. The van der Waals surface area contributed by atoms with Crippen LogP contribution in [0.15, 0.2) is 18.2 Å². The molecule has 2 fully saturated rings. The number of fused-ring (bicyclic) bond motifs is 1. The van der Waals surface area contributed by atoms with Crippen molar-refractivity contribution in [3.8, 4) is 6.07 Å². The Morgan fingerprint density at radius 3 is 2.65 bits per heavy atom. The summed E-state index contributed by atoms with van der Waals surface area (Å²) in [7, 11) is 0. The number of halogens is 1. The maximum absolute atomic E-state index is 13.5. The standard InChI is InChI=1S/C13H14FN3/c14-12-2-1-3-13(11(12)4-15)17-7-9-5-16-6-10(9)8-17/h1-3,9-10,16H,5-8H2. The molecule has 0 radical (unpaired) electrons. The van der Waals surface area contributed by atoms with E-state index in [2.05, 4.69) is 10.2 Å². The van der Waals surface area contributed by atoms with Crippen LogP contribution < -0.4 is 10.2 Å². The number of nitrogens with zero attached hydrogens (tertiary/aromatic N) is 2. The van der Waals surface area contributed by atoms with Gasteiger partial charge >= 0.3 is 0 Å². The van der Waals surface area contributed by atoms with E-state index in [1.165, 1.54) is 6.07 Å². The van der Waals surface area contributed by atoms with Crippen molar-refractivity contribution in [1.29, 1.82) is 5.26 Å². The van der Waals surface area contributed by atoms with E-state index < -0.39 is 5.82 Å². The van der Waals surface area contributed by atoms with Crippen molar-refractivity contribution < 1.29 is 4.39 Å². The average molecular weight is 231 g/mol. The first-order chi connectivity index (χ1) is 8.29. The highest BCUT2D eigenvalue weighted by molar-refractivity contribution is 5.60. The molecule has 2 aliphatic rings. The van der Waals surface area contributed by atoms with E-state index in [4.69, 9.17) is 5.26 Å². The molecule has 2 aliphatic heterocycles. The molecule has 2 unspecified atom stereocenters. The monoisotopic (exact) mass is 231 g/mol. The van der Waals surface area contributed by atoms with Gasteiger partial charge in [0.15, 0.2) is 0 Å². The molecule has 0 bridgehead atoms. The largest absolute Gasteiger partial charge is 0.370 e. The normalized spacial score (nSPS) is 26.9. The van der Waals surface area contributed by atoms with Gasteiger partial charge in [-0.3, -0.25) is 0 Å².